The van der Waals surface area contributed by atoms with E-state index in [2.05, 4.69) is 54.8 Å². The van der Waals surface area contributed by atoms with Crippen LogP contribution in [-0.4, -0.2) is 67.4 Å². The van der Waals surface area contributed by atoms with Crippen LogP contribution in [0.1, 0.15) is 80.8 Å². The summed E-state index contributed by atoms with van der Waals surface area (Å²) < 4.78 is 43.6. The number of fused-ring (bicyclic) bond motifs is 2. The number of pyridine rings is 1. The lowest BCUT2D eigenvalue weighted by atomic mass is 9.78. The summed E-state index contributed by atoms with van der Waals surface area (Å²) in [6, 6.07) is 17.8. The summed E-state index contributed by atoms with van der Waals surface area (Å²) in [5, 5.41) is 5.64. The highest BCUT2D eigenvalue weighted by Gasteiger charge is 2.52. The van der Waals surface area contributed by atoms with E-state index in [9.17, 15) is 27.6 Å². The summed E-state index contributed by atoms with van der Waals surface area (Å²) in [5.74, 6) is 1.35. The molecule has 3 aromatic heterocycles. The van der Waals surface area contributed by atoms with Crippen LogP contribution < -0.4 is 10.6 Å². The molecule has 1 aliphatic heterocycles. The molecule has 4 N–H and O–H groups in total. The van der Waals surface area contributed by atoms with Crippen LogP contribution in [0.25, 0.3) is 33.6 Å². The maximum absolute atomic E-state index is 13.5. The van der Waals surface area contributed by atoms with E-state index in [1.807, 2.05) is 44.3 Å². The fourth-order valence-corrected chi connectivity index (χ4v) is 9.25. The normalized spacial score (nSPS) is 21.8. The van der Waals surface area contributed by atoms with Gasteiger partial charge in [0.15, 0.2) is 0 Å². The molecule has 15 heteroatoms. The van der Waals surface area contributed by atoms with Gasteiger partial charge in [-0.2, -0.15) is 13.2 Å². The molecule has 2 bridgehead atoms. The third-order valence-electron chi connectivity index (χ3n) is 12.3. The Labute approximate surface area is 339 Å². The number of rotatable bonds is 11. The predicted molar refractivity (Wildman–Crippen MR) is 213 cm³/mol. The predicted octanol–water partition coefficient (Wildman–Crippen LogP) is 8.04. The Morgan fingerprint density at radius 1 is 0.814 bits per heavy atom. The number of nitrogens with one attached hydrogen (secondary N) is 4. The van der Waals surface area contributed by atoms with Crippen LogP contribution >= 0.6 is 0 Å². The number of methoxy groups -OCH3 is 1. The van der Waals surface area contributed by atoms with Crippen molar-refractivity contribution in [3.63, 3.8) is 0 Å². The first-order valence-corrected chi connectivity index (χ1v) is 20.1. The van der Waals surface area contributed by atoms with Crippen LogP contribution in [-0.2, 0) is 27.0 Å². The van der Waals surface area contributed by atoms with Crippen molar-refractivity contribution in [1.29, 1.82) is 0 Å². The van der Waals surface area contributed by atoms with E-state index in [4.69, 9.17) is 9.72 Å². The number of carbonyl (C=O) groups excluding carboxylic acids is 3. The number of aromatic nitrogens is 5. The second kappa shape index (κ2) is 16.3. The van der Waals surface area contributed by atoms with Crippen molar-refractivity contribution < 1.29 is 32.3 Å². The highest BCUT2D eigenvalue weighted by atomic mass is 19.4. The first kappa shape index (κ1) is 39.8. The second-order valence-electron chi connectivity index (χ2n) is 16.2. The van der Waals surface area contributed by atoms with Crippen LogP contribution in [0.5, 0.6) is 0 Å². The first-order valence-electron chi connectivity index (χ1n) is 20.1. The van der Waals surface area contributed by atoms with Crippen molar-refractivity contribution in [1.82, 2.24) is 40.5 Å². The number of hydrogen-bond acceptors (Lipinski definition) is 7. The van der Waals surface area contributed by atoms with Gasteiger partial charge in [0.05, 0.1) is 42.9 Å². The number of H-pyrrole nitrogens is 2. The second-order valence-corrected chi connectivity index (χ2v) is 16.2. The summed E-state index contributed by atoms with van der Waals surface area (Å²) in [7, 11) is 1.28. The van der Waals surface area contributed by atoms with Gasteiger partial charge in [-0.05, 0) is 83.7 Å². The lowest BCUT2D eigenvalue weighted by molar-refractivity contribution is -0.141. The van der Waals surface area contributed by atoms with E-state index >= 15 is 0 Å². The van der Waals surface area contributed by atoms with Gasteiger partial charge >= 0.3 is 12.3 Å². The Hall–Kier alpha value is -5.99. The monoisotopic (exact) mass is 808 g/mol. The minimum absolute atomic E-state index is 0.0656. The fraction of sp³-hybridized carbons (Fsp3) is 0.409. The number of benzene rings is 2. The summed E-state index contributed by atoms with van der Waals surface area (Å²) in [4.78, 5) is 60.7. The third kappa shape index (κ3) is 8.19. The molecule has 3 aliphatic rings. The van der Waals surface area contributed by atoms with Crippen LogP contribution in [0.15, 0.2) is 79.3 Å². The van der Waals surface area contributed by atoms with Crippen LogP contribution in [0.2, 0.25) is 0 Å². The van der Waals surface area contributed by atoms with Gasteiger partial charge in [-0.3, -0.25) is 14.6 Å². The molecule has 59 heavy (non-hydrogen) atoms. The van der Waals surface area contributed by atoms with Gasteiger partial charge in [0, 0.05) is 25.2 Å². The van der Waals surface area contributed by atoms with Gasteiger partial charge in [-0.25, -0.2) is 14.8 Å². The Morgan fingerprint density at radius 2 is 1.42 bits per heavy atom. The maximum Gasteiger partial charge on any atom is 0.433 e. The average Bonchev–Trinajstić information content (AvgIpc) is 4.10. The number of carbonyl (C=O) groups is 3. The zero-order valence-corrected chi connectivity index (χ0v) is 33.1. The lowest BCUT2D eigenvalue weighted by Crippen LogP contribution is -2.51. The average molecular weight is 809 g/mol. The molecule has 1 saturated heterocycles. The lowest BCUT2D eigenvalue weighted by Gasteiger charge is -2.30. The smallest absolute Gasteiger partial charge is 0.433 e. The molecule has 2 saturated carbocycles. The first-order chi connectivity index (χ1) is 28.4. The molecule has 8 rings (SSSR count). The van der Waals surface area contributed by atoms with Gasteiger partial charge in [0.2, 0.25) is 11.8 Å². The van der Waals surface area contributed by atoms with Crippen LogP contribution in [0, 0.1) is 23.7 Å². The van der Waals surface area contributed by atoms with Crippen molar-refractivity contribution in [3.8, 4) is 33.6 Å². The number of likely N-dealkylation sites (tertiary alicyclic amines) is 1. The molecule has 2 aromatic carbocycles. The molecule has 3 amide bonds. The topological polar surface area (TPSA) is 158 Å². The molecule has 308 valence electrons. The molecule has 4 unspecified atom stereocenters. The Morgan fingerprint density at radius 3 is 2.02 bits per heavy atom. The van der Waals surface area contributed by atoms with Gasteiger partial charge in [0.25, 0.3) is 0 Å². The van der Waals surface area contributed by atoms with E-state index in [1.54, 1.807) is 11.1 Å². The van der Waals surface area contributed by atoms with E-state index in [-0.39, 0.29) is 48.1 Å². The third-order valence-corrected chi connectivity index (χ3v) is 12.3. The molecule has 4 heterocycles. The number of alkyl halides is 3. The number of imidazole rings is 2. The van der Waals surface area contributed by atoms with Gasteiger partial charge in [0.1, 0.15) is 23.4 Å². The van der Waals surface area contributed by atoms with Crippen molar-refractivity contribution >= 4 is 17.9 Å². The van der Waals surface area contributed by atoms with Crippen molar-refractivity contribution in [2.45, 2.75) is 76.7 Å². The van der Waals surface area contributed by atoms with Gasteiger partial charge < -0.3 is 30.2 Å². The molecule has 0 radical (unpaired) electrons. The number of halogens is 3. The zero-order valence-electron chi connectivity index (χ0n) is 33.1. The standard InChI is InChI=1S/C44H47F3N8O4/c1-24(2)38(54-43(58)59-3)42(57)55-18-4-5-34(55)39-49-22-32(52-39)28-11-7-26(8-12-28)27-9-13-29(14-10-27)33-23-50-40(53-33)36-30-15-16-31(19-30)37(36)41(56)51-21-25-6-17-35(48-20-25)44(45,46)47/h6-14,17,20,22-24,30-31,34,36-38H,4-5,15-16,18-19,21H2,1-3H3,(H,49,52)(H,50,53)(H,51,56)(H,54,58)/t30?,31?,34-,36?,37?,38-/m0/s1. The van der Waals surface area contributed by atoms with Gasteiger partial charge in [-0.1, -0.05) is 68.4 Å². The van der Waals surface area contributed by atoms with E-state index in [0.29, 0.717) is 23.9 Å². The molecule has 5 aromatic rings. The summed E-state index contributed by atoms with van der Waals surface area (Å²) in [5.41, 5.74) is 5.26. The molecular formula is C44H47F3N8O4. The van der Waals surface area contributed by atoms with E-state index < -0.39 is 24.0 Å². The Kier molecular flexibility index (Phi) is 11.0. The minimum Gasteiger partial charge on any atom is -0.453 e. The SMILES string of the molecule is COC(=O)N[C@H](C(=O)N1CCC[C@H]1c1ncc(-c2ccc(-c3ccc(-c4cnc(C5C6CCC(C6)C5C(=O)NCc5ccc(C(F)(F)F)nc5)[nH]4)cc3)cc2)[nH]1)C(C)C. The largest absolute Gasteiger partial charge is 0.453 e. The molecule has 3 fully saturated rings. The number of nitrogens with zero attached hydrogens (tertiary/aromatic N) is 4. The Balaban J connectivity index is 0.905. The van der Waals surface area contributed by atoms with E-state index in [0.717, 1.165) is 83.8 Å². The molecule has 6 atom stereocenters. The zero-order chi connectivity index (χ0) is 41.4. The number of aromatic amines is 2. The van der Waals surface area contributed by atoms with Crippen molar-refractivity contribution in [2.75, 3.05) is 13.7 Å². The summed E-state index contributed by atoms with van der Waals surface area (Å²) in [6.45, 7) is 4.47. The fourth-order valence-electron chi connectivity index (χ4n) is 9.25. The van der Waals surface area contributed by atoms with Crippen molar-refractivity contribution in [3.05, 3.63) is 102 Å². The molecular weight excluding hydrogens is 762 g/mol. The molecule has 2 aliphatic carbocycles. The van der Waals surface area contributed by atoms with Gasteiger partial charge in [-0.15, -0.1) is 0 Å². The number of alkyl carbamates (subject to hydrolysis) is 1. The summed E-state index contributed by atoms with van der Waals surface area (Å²) in [6.07, 6.45) is 4.17. The molecule has 12 nitrogen and oxygen atoms in total. The molecule has 0 spiro atoms. The number of hydrogen-bond donors (Lipinski definition) is 4. The van der Waals surface area contributed by atoms with Crippen LogP contribution in [0.3, 0.4) is 0 Å². The highest BCUT2D eigenvalue weighted by Crippen LogP contribution is 2.56. The highest BCUT2D eigenvalue weighted by molar-refractivity contribution is 5.86. The number of amides is 3. The maximum atomic E-state index is 13.5. The number of ether oxygens (including phenoxy) is 1. The van der Waals surface area contributed by atoms with Crippen LogP contribution in [0.4, 0.5) is 18.0 Å². The van der Waals surface area contributed by atoms with E-state index in [1.165, 1.54) is 13.2 Å². The Bertz CT molecular complexity index is 2290. The van der Waals surface area contributed by atoms with Crippen molar-refractivity contribution in [2.24, 2.45) is 23.7 Å². The summed E-state index contributed by atoms with van der Waals surface area (Å²) >= 11 is 0. The minimum atomic E-state index is -4.51. The quantitative estimate of drug-likeness (QED) is 0.105.